The zero-order chi connectivity index (χ0) is 18.5. The van der Waals surface area contributed by atoms with Crippen molar-refractivity contribution in [2.45, 2.75) is 27.3 Å². The summed E-state index contributed by atoms with van der Waals surface area (Å²) in [6.45, 7) is 6.83. The van der Waals surface area contributed by atoms with Gasteiger partial charge in [-0.05, 0) is 55.7 Å². The lowest BCUT2D eigenvalue weighted by atomic mass is 10.1. The second-order valence-electron chi connectivity index (χ2n) is 6.29. The van der Waals surface area contributed by atoms with Crippen molar-refractivity contribution in [2.24, 2.45) is 0 Å². The molecule has 0 aliphatic rings. The fourth-order valence-corrected chi connectivity index (χ4v) is 2.66. The fourth-order valence-electron chi connectivity index (χ4n) is 2.66. The van der Waals surface area contributed by atoms with Crippen molar-refractivity contribution in [3.05, 3.63) is 70.9 Å². The molecule has 5 heteroatoms. The SMILES string of the molecule is COc1ccc(CNc2nc(C)cc(Nc3cccc(C)c3C)n2)cc1. The third-order valence-corrected chi connectivity index (χ3v) is 4.33. The van der Waals surface area contributed by atoms with Crippen LogP contribution in [0.25, 0.3) is 0 Å². The van der Waals surface area contributed by atoms with E-state index in [1.54, 1.807) is 7.11 Å². The summed E-state index contributed by atoms with van der Waals surface area (Å²) in [7, 11) is 1.66. The third-order valence-electron chi connectivity index (χ3n) is 4.33. The number of benzene rings is 2. The van der Waals surface area contributed by atoms with Gasteiger partial charge in [-0.3, -0.25) is 0 Å². The summed E-state index contributed by atoms with van der Waals surface area (Å²) in [6.07, 6.45) is 0. The van der Waals surface area contributed by atoms with Gasteiger partial charge in [-0.1, -0.05) is 24.3 Å². The first-order valence-electron chi connectivity index (χ1n) is 8.61. The predicted molar refractivity (Wildman–Crippen MR) is 106 cm³/mol. The topological polar surface area (TPSA) is 59.1 Å². The van der Waals surface area contributed by atoms with E-state index >= 15 is 0 Å². The lowest BCUT2D eigenvalue weighted by Crippen LogP contribution is -2.06. The summed E-state index contributed by atoms with van der Waals surface area (Å²) < 4.78 is 5.18. The summed E-state index contributed by atoms with van der Waals surface area (Å²) in [5.74, 6) is 2.23. The molecule has 0 saturated heterocycles. The van der Waals surface area contributed by atoms with Crippen LogP contribution in [0.2, 0.25) is 0 Å². The number of hydrogen-bond donors (Lipinski definition) is 2. The number of hydrogen-bond acceptors (Lipinski definition) is 5. The van der Waals surface area contributed by atoms with E-state index in [1.807, 2.05) is 43.3 Å². The van der Waals surface area contributed by atoms with E-state index in [9.17, 15) is 0 Å². The van der Waals surface area contributed by atoms with Crippen molar-refractivity contribution in [1.82, 2.24) is 9.97 Å². The Morgan fingerprint density at radius 3 is 2.46 bits per heavy atom. The minimum absolute atomic E-state index is 0.605. The van der Waals surface area contributed by atoms with Gasteiger partial charge in [0, 0.05) is 24.0 Å². The van der Waals surface area contributed by atoms with Crippen molar-refractivity contribution in [2.75, 3.05) is 17.7 Å². The molecule has 0 bridgehead atoms. The first kappa shape index (κ1) is 17.7. The van der Waals surface area contributed by atoms with Crippen LogP contribution in [-0.2, 0) is 6.54 Å². The largest absolute Gasteiger partial charge is 0.497 e. The number of anilines is 3. The minimum atomic E-state index is 0.605. The Balaban J connectivity index is 1.73. The molecular formula is C21H24N4O. The van der Waals surface area contributed by atoms with E-state index in [-0.39, 0.29) is 0 Å². The van der Waals surface area contributed by atoms with Crippen LogP contribution in [0.5, 0.6) is 5.75 Å². The molecule has 1 aromatic heterocycles. The second-order valence-corrected chi connectivity index (χ2v) is 6.29. The van der Waals surface area contributed by atoms with Crippen molar-refractivity contribution in [3.63, 3.8) is 0 Å². The summed E-state index contributed by atoms with van der Waals surface area (Å²) in [4.78, 5) is 9.07. The first-order chi connectivity index (χ1) is 12.5. The Hall–Kier alpha value is -3.08. The van der Waals surface area contributed by atoms with Gasteiger partial charge in [-0.2, -0.15) is 4.98 Å². The summed E-state index contributed by atoms with van der Waals surface area (Å²) in [6, 6.07) is 16.1. The van der Waals surface area contributed by atoms with Crippen LogP contribution in [0.4, 0.5) is 17.5 Å². The van der Waals surface area contributed by atoms with Gasteiger partial charge in [0.25, 0.3) is 0 Å². The van der Waals surface area contributed by atoms with Gasteiger partial charge in [0.1, 0.15) is 11.6 Å². The number of ether oxygens (including phenoxy) is 1. The quantitative estimate of drug-likeness (QED) is 0.672. The number of aryl methyl sites for hydroxylation is 2. The number of rotatable bonds is 6. The van der Waals surface area contributed by atoms with Crippen LogP contribution in [0.15, 0.2) is 48.5 Å². The highest BCUT2D eigenvalue weighted by atomic mass is 16.5. The monoisotopic (exact) mass is 348 g/mol. The van der Waals surface area contributed by atoms with Gasteiger partial charge in [0.05, 0.1) is 7.11 Å². The maximum atomic E-state index is 5.18. The lowest BCUT2D eigenvalue weighted by Gasteiger charge is -2.13. The average molecular weight is 348 g/mol. The van der Waals surface area contributed by atoms with E-state index in [1.165, 1.54) is 11.1 Å². The van der Waals surface area contributed by atoms with E-state index in [0.29, 0.717) is 12.5 Å². The fraction of sp³-hybridized carbons (Fsp3) is 0.238. The molecule has 134 valence electrons. The van der Waals surface area contributed by atoms with Crippen LogP contribution in [0.1, 0.15) is 22.4 Å². The number of methoxy groups -OCH3 is 1. The molecule has 0 saturated carbocycles. The maximum absolute atomic E-state index is 5.18. The van der Waals surface area contributed by atoms with Gasteiger partial charge in [0.2, 0.25) is 5.95 Å². The molecule has 3 rings (SSSR count). The number of nitrogens with one attached hydrogen (secondary N) is 2. The predicted octanol–water partition coefficient (Wildman–Crippen LogP) is 4.77. The van der Waals surface area contributed by atoms with Gasteiger partial charge < -0.3 is 15.4 Å². The lowest BCUT2D eigenvalue weighted by molar-refractivity contribution is 0.414. The van der Waals surface area contributed by atoms with E-state index in [2.05, 4.69) is 46.6 Å². The minimum Gasteiger partial charge on any atom is -0.497 e. The number of aromatic nitrogens is 2. The highest BCUT2D eigenvalue weighted by Crippen LogP contribution is 2.23. The normalized spacial score (nSPS) is 10.5. The van der Waals surface area contributed by atoms with Crippen molar-refractivity contribution < 1.29 is 4.74 Å². The molecular weight excluding hydrogens is 324 g/mol. The van der Waals surface area contributed by atoms with Crippen LogP contribution >= 0.6 is 0 Å². The molecule has 0 fully saturated rings. The molecule has 3 aromatic rings. The first-order valence-corrected chi connectivity index (χ1v) is 8.61. The Bertz CT molecular complexity index is 891. The van der Waals surface area contributed by atoms with E-state index in [0.717, 1.165) is 28.5 Å². The Kier molecular flexibility index (Phi) is 5.37. The van der Waals surface area contributed by atoms with Crippen LogP contribution in [0.3, 0.4) is 0 Å². The molecule has 5 nitrogen and oxygen atoms in total. The summed E-state index contributed by atoms with van der Waals surface area (Å²) in [5.41, 5.74) is 5.57. The Morgan fingerprint density at radius 1 is 0.962 bits per heavy atom. The zero-order valence-electron chi connectivity index (χ0n) is 15.6. The highest BCUT2D eigenvalue weighted by molar-refractivity contribution is 5.62. The van der Waals surface area contributed by atoms with Crippen molar-refractivity contribution >= 4 is 17.5 Å². The number of nitrogens with zero attached hydrogens (tertiary/aromatic N) is 2. The molecule has 0 unspecified atom stereocenters. The smallest absolute Gasteiger partial charge is 0.225 e. The van der Waals surface area contributed by atoms with Crippen LogP contribution < -0.4 is 15.4 Å². The molecule has 0 aliphatic heterocycles. The zero-order valence-corrected chi connectivity index (χ0v) is 15.6. The van der Waals surface area contributed by atoms with E-state index in [4.69, 9.17) is 4.74 Å². The molecule has 26 heavy (non-hydrogen) atoms. The molecule has 0 radical (unpaired) electrons. The van der Waals surface area contributed by atoms with Gasteiger partial charge in [-0.15, -0.1) is 0 Å². The van der Waals surface area contributed by atoms with Crippen LogP contribution in [-0.4, -0.2) is 17.1 Å². The van der Waals surface area contributed by atoms with Crippen molar-refractivity contribution in [3.8, 4) is 5.75 Å². The Morgan fingerprint density at radius 2 is 1.73 bits per heavy atom. The average Bonchev–Trinajstić information content (AvgIpc) is 2.64. The van der Waals surface area contributed by atoms with Gasteiger partial charge >= 0.3 is 0 Å². The molecule has 0 spiro atoms. The van der Waals surface area contributed by atoms with Gasteiger partial charge in [-0.25, -0.2) is 4.98 Å². The summed E-state index contributed by atoms with van der Waals surface area (Å²) in [5, 5.41) is 6.69. The molecule has 0 amide bonds. The maximum Gasteiger partial charge on any atom is 0.225 e. The van der Waals surface area contributed by atoms with Crippen LogP contribution in [0, 0.1) is 20.8 Å². The summed E-state index contributed by atoms with van der Waals surface area (Å²) >= 11 is 0. The van der Waals surface area contributed by atoms with Crippen molar-refractivity contribution in [1.29, 1.82) is 0 Å². The second kappa shape index (κ2) is 7.87. The standard InChI is InChI=1S/C21H24N4O/c1-14-6-5-7-19(16(14)3)24-20-12-15(2)23-21(25-20)22-13-17-8-10-18(26-4)11-9-17/h5-12H,13H2,1-4H3,(H2,22,23,24,25). The highest BCUT2D eigenvalue weighted by Gasteiger charge is 2.06. The molecule has 0 atom stereocenters. The molecule has 1 heterocycles. The van der Waals surface area contributed by atoms with E-state index < -0.39 is 0 Å². The third kappa shape index (κ3) is 4.30. The van der Waals surface area contributed by atoms with Gasteiger partial charge in [0.15, 0.2) is 0 Å². The molecule has 2 aromatic carbocycles. The molecule has 2 N–H and O–H groups in total. The Labute approximate surface area is 154 Å². The molecule has 0 aliphatic carbocycles.